The van der Waals surface area contributed by atoms with E-state index in [2.05, 4.69) is 46.4 Å². The van der Waals surface area contributed by atoms with Crippen molar-refractivity contribution in [2.75, 3.05) is 6.54 Å². The molecule has 1 rings (SSSR count). The summed E-state index contributed by atoms with van der Waals surface area (Å²) in [6, 6.07) is 0. The van der Waals surface area contributed by atoms with Crippen molar-refractivity contribution in [2.45, 2.75) is 37.0 Å². The van der Waals surface area contributed by atoms with Gasteiger partial charge in [0.05, 0.1) is 6.33 Å². The zero-order valence-corrected chi connectivity index (χ0v) is 13.5. The third kappa shape index (κ3) is 5.07. The molecule has 0 fully saturated rings. The van der Waals surface area contributed by atoms with Crippen LogP contribution in [0.1, 0.15) is 27.2 Å². The van der Waals surface area contributed by atoms with Gasteiger partial charge in [-0.1, -0.05) is 36.7 Å². The molecule has 7 heteroatoms. The van der Waals surface area contributed by atoms with E-state index in [0.29, 0.717) is 6.54 Å². The van der Waals surface area contributed by atoms with Gasteiger partial charge in [0.15, 0.2) is 5.03 Å². The summed E-state index contributed by atoms with van der Waals surface area (Å²) < 4.78 is 28.0. The van der Waals surface area contributed by atoms with Crippen LogP contribution in [0.5, 0.6) is 0 Å². The van der Waals surface area contributed by atoms with E-state index in [-0.39, 0.29) is 15.3 Å². The van der Waals surface area contributed by atoms with E-state index in [1.165, 1.54) is 12.5 Å². The summed E-state index contributed by atoms with van der Waals surface area (Å²) >= 11 is 3.49. The molecule has 0 saturated heterocycles. The Hall–Kier alpha value is -0.400. The van der Waals surface area contributed by atoms with E-state index < -0.39 is 10.0 Å². The van der Waals surface area contributed by atoms with Crippen LogP contribution >= 0.6 is 15.9 Å². The predicted molar refractivity (Wildman–Crippen MR) is 75.2 cm³/mol. The molecule has 1 aromatic rings. The monoisotopic (exact) mass is 337 g/mol. The first-order valence-corrected chi connectivity index (χ1v) is 8.12. The molecule has 1 aromatic heterocycles. The summed E-state index contributed by atoms with van der Waals surface area (Å²) in [5.74, 6) is 0. The molecule has 104 valence electrons. The fraction of sp³-hybridized carbons (Fsp3) is 0.727. The first-order valence-electron chi connectivity index (χ1n) is 5.72. The quantitative estimate of drug-likeness (QED) is 0.834. The number of aromatic nitrogens is 2. The lowest BCUT2D eigenvalue weighted by molar-refractivity contribution is 0.373. The highest BCUT2D eigenvalue weighted by atomic mass is 79.9. The predicted octanol–water partition coefficient (Wildman–Crippen LogP) is 1.90. The number of hydrogen-bond donors (Lipinski definition) is 1. The highest BCUT2D eigenvalue weighted by Gasteiger charge is 2.21. The summed E-state index contributed by atoms with van der Waals surface area (Å²) in [7, 11) is -1.77. The maximum Gasteiger partial charge on any atom is 0.259 e. The summed E-state index contributed by atoms with van der Waals surface area (Å²) in [4.78, 5) is 3.94. The summed E-state index contributed by atoms with van der Waals surface area (Å²) in [5.41, 5.74) is 0.157. The van der Waals surface area contributed by atoms with Crippen LogP contribution in [0.2, 0.25) is 0 Å². The molecule has 0 spiro atoms. The van der Waals surface area contributed by atoms with E-state index in [1.807, 2.05) is 0 Å². The highest BCUT2D eigenvalue weighted by Crippen LogP contribution is 2.24. The Morgan fingerprint density at radius 2 is 2.11 bits per heavy atom. The van der Waals surface area contributed by atoms with Gasteiger partial charge in [0.2, 0.25) is 0 Å². The normalized spacial score (nSPS) is 14.7. The van der Waals surface area contributed by atoms with Gasteiger partial charge < -0.3 is 4.57 Å². The Bertz CT molecular complexity index is 491. The van der Waals surface area contributed by atoms with Crippen LogP contribution in [0.25, 0.3) is 0 Å². The van der Waals surface area contributed by atoms with Gasteiger partial charge in [-0.2, -0.15) is 0 Å². The lowest BCUT2D eigenvalue weighted by atomic mass is 9.91. The Morgan fingerprint density at radius 1 is 1.50 bits per heavy atom. The number of aryl methyl sites for hydroxylation is 1. The molecule has 1 heterocycles. The molecular formula is C11H20BrN3O2S. The van der Waals surface area contributed by atoms with Crippen LogP contribution in [0, 0.1) is 5.41 Å². The number of nitrogens with zero attached hydrogens (tertiary/aromatic N) is 2. The maximum absolute atomic E-state index is 11.9. The molecule has 0 aromatic carbocycles. The molecule has 0 radical (unpaired) electrons. The van der Waals surface area contributed by atoms with Crippen LogP contribution in [-0.2, 0) is 17.1 Å². The molecule has 1 atom stereocenters. The third-order valence-electron chi connectivity index (χ3n) is 2.29. The molecule has 0 bridgehead atoms. The van der Waals surface area contributed by atoms with E-state index in [1.54, 1.807) is 11.6 Å². The zero-order valence-electron chi connectivity index (χ0n) is 11.1. The highest BCUT2D eigenvalue weighted by molar-refractivity contribution is 9.09. The molecule has 0 aliphatic heterocycles. The first kappa shape index (κ1) is 15.7. The van der Waals surface area contributed by atoms with Gasteiger partial charge in [-0.05, 0) is 11.8 Å². The van der Waals surface area contributed by atoms with Gasteiger partial charge in [0.25, 0.3) is 10.0 Å². The van der Waals surface area contributed by atoms with Crippen LogP contribution in [-0.4, -0.2) is 29.3 Å². The minimum absolute atomic E-state index is 0.0560. The number of hydrogen-bond acceptors (Lipinski definition) is 3. The number of alkyl halides is 1. The fourth-order valence-corrected chi connectivity index (χ4v) is 3.95. The zero-order chi connectivity index (χ0) is 14.0. The first-order chi connectivity index (χ1) is 8.10. The molecule has 5 nitrogen and oxygen atoms in total. The number of imidazole rings is 1. The largest absolute Gasteiger partial charge is 0.339 e. The lowest BCUT2D eigenvalue weighted by Crippen LogP contribution is -2.31. The standard InChI is InChI=1S/C11H20BrN3O2S/c1-11(2,3)5-9(12)6-14-18(16,17)10-7-15(4)8-13-10/h7-9,14H,5-6H2,1-4H3. The van der Waals surface area contributed by atoms with Gasteiger partial charge in [0.1, 0.15) is 0 Å². The minimum atomic E-state index is -3.50. The Kier molecular flexibility index (Phi) is 4.97. The average Bonchev–Trinajstić information content (AvgIpc) is 2.60. The fourth-order valence-electron chi connectivity index (χ4n) is 1.54. The second-order valence-electron chi connectivity index (χ2n) is 5.59. The smallest absolute Gasteiger partial charge is 0.259 e. The minimum Gasteiger partial charge on any atom is -0.339 e. The third-order valence-corrected chi connectivity index (χ3v) is 4.24. The van der Waals surface area contributed by atoms with Gasteiger partial charge in [0, 0.05) is 24.6 Å². The van der Waals surface area contributed by atoms with Gasteiger partial charge in [-0.3, -0.25) is 0 Å². The van der Waals surface area contributed by atoms with E-state index in [0.717, 1.165) is 6.42 Å². The maximum atomic E-state index is 11.9. The van der Waals surface area contributed by atoms with Crippen molar-refractivity contribution in [3.63, 3.8) is 0 Å². The molecule has 1 unspecified atom stereocenters. The van der Waals surface area contributed by atoms with Gasteiger partial charge >= 0.3 is 0 Å². The molecule has 0 aliphatic carbocycles. The molecular weight excluding hydrogens is 318 g/mol. The summed E-state index contributed by atoms with van der Waals surface area (Å²) in [6.07, 6.45) is 3.84. The van der Waals surface area contributed by atoms with Crippen LogP contribution < -0.4 is 4.72 Å². The number of halogens is 1. The van der Waals surface area contributed by atoms with E-state index in [4.69, 9.17) is 0 Å². The number of rotatable bonds is 5. The SMILES string of the molecule is Cn1cnc(S(=O)(=O)NCC(Br)CC(C)(C)C)c1. The Morgan fingerprint density at radius 3 is 2.56 bits per heavy atom. The van der Waals surface area contributed by atoms with Gasteiger partial charge in [-0.25, -0.2) is 18.1 Å². The summed E-state index contributed by atoms with van der Waals surface area (Å²) in [5, 5.41) is 0.0560. The van der Waals surface area contributed by atoms with Crippen molar-refractivity contribution >= 4 is 26.0 Å². The molecule has 0 aliphatic rings. The van der Waals surface area contributed by atoms with Crippen molar-refractivity contribution in [3.05, 3.63) is 12.5 Å². The number of sulfonamides is 1. The second-order valence-corrected chi connectivity index (χ2v) is 8.60. The van der Waals surface area contributed by atoms with Gasteiger partial charge in [-0.15, -0.1) is 0 Å². The van der Waals surface area contributed by atoms with Crippen molar-refractivity contribution in [2.24, 2.45) is 12.5 Å². The lowest BCUT2D eigenvalue weighted by Gasteiger charge is -2.22. The molecule has 0 saturated carbocycles. The Labute approximate surface area is 117 Å². The average molecular weight is 338 g/mol. The summed E-state index contributed by atoms with van der Waals surface area (Å²) in [6.45, 7) is 6.72. The number of nitrogens with one attached hydrogen (secondary N) is 1. The topological polar surface area (TPSA) is 64.0 Å². The second kappa shape index (κ2) is 5.71. The van der Waals surface area contributed by atoms with Crippen molar-refractivity contribution in [3.8, 4) is 0 Å². The molecule has 18 heavy (non-hydrogen) atoms. The van der Waals surface area contributed by atoms with Crippen molar-refractivity contribution in [1.82, 2.24) is 14.3 Å². The van der Waals surface area contributed by atoms with E-state index in [9.17, 15) is 8.42 Å². The van der Waals surface area contributed by atoms with Crippen LogP contribution in [0.15, 0.2) is 17.6 Å². The van der Waals surface area contributed by atoms with Crippen LogP contribution in [0.4, 0.5) is 0 Å². The Balaban J connectivity index is 2.58. The van der Waals surface area contributed by atoms with Crippen LogP contribution in [0.3, 0.4) is 0 Å². The van der Waals surface area contributed by atoms with Crippen molar-refractivity contribution in [1.29, 1.82) is 0 Å². The van der Waals surface area contributed by atoms with Crippen molar-refractivity contribution < 1.29 is 8.42 Å². The molecule has 0 amide bonds. The van der Waals surface area contributed by atoms with E-state index >= 15 is 0 Å². The molecule has 1 N–H and O–H groups in total.